The third kappa shape index (κ3) is 4.39. The summed E-state index contributed by atoms with van der Waals surface area (Å²) in [6.45, 7) is 2.47. The van der Waals surface area contributed by atoms with Crippen molar-refractivity contribution < 1.29 is 9.53 Å². The summed E-state index contributed by atoms with van der Waals surface area (Å²) in [6, 6.07) is 13.8. The van der Waals surface area contributed by atoms with Gasteiger partial charge in [0.25, 0.3) is 0 Å². The van der Waals surface area contributed by atoms with E-state index in [2.05, 4.69) is 10.3 Å². The molecular formula is C21H21N3O2. The zero-order valence-corrected chi connectivity index (χ0v) is 14.8. The molecule has 2 aromatic carbocycles. The molecule has 0 bridgehead atoms. The maximum Gasteiger partial charge on any atom is 0.244 e. The molecule has 0 atom stereocenters. The molecule has 132 valence electrons. The van der Waals surface area contributed by atoms with Crippen LogP contribution >= 0.6 is 0 Å². The van der Waals surface area contributed by atoms with E-state index in [-0.39, 0.29) is 5.91 Å². The van der Waals surface area contributed by atoms with Gasteiger partial charge in [-0.2, -0.15) is 0 Å². The monoisotopic (exact) mass is 347 g/mol. The number of amides is 1. The van der Waals surface area contributed by atoms with Gasteiger partial charge in [-0.05, 0) is 42.8 Å². The highest BCUT2D eigenvalue weighted by atomic mass is 16.5. The number of ether oxygens (including phenoxy) is 1. The molecule has 0 spiro atoms. The van der Waals surface area contributed by atoms with Crippen LogP contribution in [-0.2, 0) is 11.3 Å². The van der Waals surface area contributed by atoms with Gasteiger partial charge in [0.2, 0.25) is 5.91 Å². The lowest BCUT2D eigenvalue weighted by atomic mass is 10.1. The lowest BCUT2D eigenvalue weighted by molar-refractivity contribution is -0.116. The van der Waals surface area contributed by atoms with Gasteiger partial charge in [0.15, 0.2) is 0 Å². The second-order valence-electron chi connectivity index (χ2n) is 5.93. The first-order chi connectivity index (χ1) is 12.7. The first kappa shape index (κ1) is 17.5. The van der Waals surface area contributed by atoms with Gasteiger partial charge in [-0.15, -0.1) is 0 Å². The molecule has 0 aliphatic heterocycles. The van der Waals surface area contributed by atoms with Crippen LogP contribution in [0.5, 0.6) is 5.75 Å². The van der Waals surface area contributed by atoms with Crippen molar-refractivity contribution in [2.75, 3.05) is 7.11 Å². The summed E-state index contributed by atoms with van der Waals surface area (Å²) in [5.41, 5.74) is 4.06. The minimum absolute atomic E-state index is 0.146. The number of hydrogen-bond donors (Lipinski definition) is 1. The number of rotatable bonds is 6. The molecule has 26 heavy (non-hydrogen) atoms. The zero-order chi connectivity index (χ0) is 18.4. The first-order valence-electron chi connectivity index (χ1n) is 8.33. The average molecular weight is 347 g/mol. The van der Waals surface area contributed by atoms with Crippen LogP contribution in [-0.4, -0.2) is 22.6 Å². The molecule has 0 fully saturated rings. The molecule has 5 heteroatoms. The van der Waals surface area contributed by atoms with E-state index < -0.39 is 0 Å². The highest BCUT2D eigenvalue weighted by Crippen LogP contribution is 2.20. The van der Waals surface area contributed by atoms with Crippen LogP contribution in [0.2, 0.25) is 0 Å². The molecule has 1 aromatic heterocycles. The number of aromatic nitrogens is 2. The third-order valence-electron chi connectivity index (χ3n) is 4.01. The van der Waals surface area contributed by atoms with Crippen molar-refractivity contribution in [3.63, 3.8) is 0 Å². The molecule has 5 nitrogen and oxygen atoms in total. The minimum atomic E-state index is -0.146. The fourth-order valence-electron chi connectivity index (χ4n) is 2.60. The van der Waals surface area contributed by atoms with E-state index in [1.807, 2.05) is 60.2 Å². The number of aryl methyl sites for hydroxylation is 1. The van der Waals surface area contributed by atoms with E-state index in [0.717, 1.165) is 28.1 Å². The topological polar surface area (TPSA) is 56.1 Å². The van der Waals surface area contributed by atoms with Crippen molar-refractivity contribution in [2.24, 2.45) is 0 Å². The van der Waals surface area contributed by atoms with Gasteiger partial charge in [-0.1, -0.05) is 23.8 Å². The third-order valence-corrected chi connectivity index (χ3v) is 4.01. The molecule has 0 aliphatic rings. The Morgan fingerprint density at radius 3 is 2.73 bits per heavy atom. The molecule has 0 saturated carbocycles. The molecule has 1 N–H and O–H groups in total. The second-order valence-corrected chi connectivity index (χ2v) is 5.93. The molecule has 1 heterocycles. The van der Waals surface area contributed by atoms with Gasteiger partial charge in [-0.25, -0.2) is 4.98 Å². The summed E-state index contributed by atoms with van der Waals surface area (Å²) in [5.74, 6) is 0.599. The number of imidazole rings is 1. The van der Waals surface area contributed by atoms with Crippen molar-refractivity contribution in [3.8, 4) is 11.4 Å². The van der Waals surface area contributed by atoms with Gasteiger partial charge in [0, 0.05) is 36.3 Å². The van der Waals surface area contributed by atoms with Crippen molar-refractivity contribution in [1.29, 1.82) is 0 Å². The van der Waals surface area contributed by atoms with Crippen LogP contribution in [0.1, 0.15) is 16.7 Å². The summed E-state index contributed by atoms with van der Waals surface area (Å²) in [6.07, 6.45) is 8.67. The highest BCUT2D eigenvalue weighted by molar-refractivity contribution is 5.92. The molecule has 0 saturated heterocycles. The molecule has 0 aliphatic carbocycles. The van der Waals surface area contributed by atoms with E-state index in [4.69, 9.17) is 4.74 Å². The lowest BCUT2D eigenvalue weighted by Crippen LogP contribution is -2.20. The van der Waals surface area contributed by atoms with E-state index in [1.54, 1.807) is 25.7 Å². The SMILES string of the molecule is COc1ccc(C)cc1C=CC(=O)NCc1ccc(-n2ccnc2)cc1. The van der Waals surface area contributed by atoms with Crippen molar-refractivity contribution in [2.45, 2.75) is 13.5 Å². The number of carbonyl (C=O) groups excluding carboxylic acids is 1. The summed E-state index contributed by atoms with van der Waals surface area (Å²) in [5, 5.41) is 2.89. The Hall–Kier alpha value is -3.34. The number of methoxy groups -OCH3 is 1. The summed E-state index contributed by atoms with van der Waals surface area (Å²) in [4.78, 5) is 16.1. The predicted octanol–water partition coefficient (Wildman–Crippen LogP) is 3.52. The van der Waals surface area contributed by atoms with Crippen LogP contribution < -0.4 is 10.1 Å². The number of benzene rings is 2. The standard InChI is InChI=1S/C21H21N3O2/c1-16-3-9-20(26-2)18(13-16)6-10-21(25)23-14-17-4-7-19(8-5-17)24-12-11-22-15-24/h3-13,15H,14H2,1-2H3,(H,23,25). The Labute approximate surface area is 153 Å². The smallest absolute Gasteiger partial charge is 0.244 e. The fraction of sp³-hybridized carbons (Fsp3) is 0.143. The van der Waals surface area contributed by atoms with Crippen molar-refractivity contribution in [3.05, 3.63) is 84.0 Å². The van der Waals surface area contributed by atoms with Gasteiger partial charge in [0.1, 0.15) is 5.75 Å². The minimum Gasteiger partial charge on any atom is -0.496 e. The zero-order valence-electron chi connectivity index (χ0n) is 14.8. The summed E-state index contributed by atoms with van der Waals surface area (Å²) >= 11 is 0. The van der Waals surface area contributed by atoms with E-state index in [9.17, 15) is 4.79 Å². The maximum absolute atomic E-state index is 12.1. The predicted molar refractivity (Wildman–Crippen MR) is 102 cm³/mol. The highest BCUT2D eigenvalue weighted by Gasteiger charge is 2.02. The van der Waals surface area contributed by atoms with E-state index in [1.165, 1.54) is 6.08 Å². The van der Waals surface area contributed by atoms with Crippen LogP contribution in [0.4, 0.5) is 0 Å². The fourth-order valence-corrected chi connectivity index (χ4v) is 2.60. The molecule has 3 rings (SSSR count). The van der Waals surface area contributed by atoms with Crippen LogP contribution in [0.15, 0.2) is 67.3 Å². The van der Waals surface area contributed by atoms with Gasteiger partial charge >= 0.3 is 0 Å². The number of carbonyl (C=O) groups is 1. The molecular weight excluding hydrogens is 326 g/mol. The van der Waals surface area contributed by atoms with Gasteiger partial charge in [0.05, 0.1) is 13.4 Å². The molecule has 1 amide bonds. The Morgan fingerprint density at radius 2 is 2.04 bits per heavy atom. The van der Waals surface area contributed by atoms with Crippen LogP contribution in [0.3, 0.4) is 0 Å². The largest absolute Gasteiger partial charge is 0.496 e. The number of hydrogen-bond acceptors (Lipinski definition) is 3. The Bertz CT molecular complexity index is 898. The average Bonchev–Trinajstić information content (AvgIpc) is 3.20. The van der Waals surface area contributed by atoms with E-state index in [0.29, 0.717) is 6.54 Å². The van der Waals surface area contributed by atoms with Gasteiger partial charge < -0.3 is 14.6 Å². The summed E-state index contributed by atoms with van der Waals surface area (Å²) in [7, 11) is 1.62. The van der Waals surface area contributed by atoms with Crippen LogP contribution in [0.25, 0.3) is 11.8 Å². The quantitative estimate of drug-likeness (QED) is 0.694. The van der Waals surface area contributed by atoms with Crippen molar-refractivity contribution >= 4 is 12.0 Å². The first-order valence-corrected chi connectivity index (χ1v) is 8.33. The molecule has 0 unspecified atom stereocenters. The Morgan fingerprint density at radius 1 is 1.23 bits per heavy atom. The normalized spacial score (nSPS) is 10.8. The molecule has 0 radical (unpaired) electrons. The number of nitrogens with one attached hydrogen (secondary N) is 1. The summed E-state index contributed by atoms with van der Waals surface area (Å²) < 4.78 is 7.25. The van der Waals surface area contributed by atoms with Gasteiger partial charge in [-0.3, -0.25) is 4.79 Å². The van der Waals surface area contributed by atoms with Crippen LogP contribution in [0, 0.1) is 6.92 Å². The lowest BCUT2D eigenvalue weighted by Gasteiger charge is -2.07. The maximum atomic E-state index is 12.1. The molecule has 3 aromatic rings. The number of nitrogens with zero attached hydrogens (tertiary/aromatic N) is 2. The van der Waals surface area contributed by atoms with Crippen molar-refractivity contribution in [1.82, 2.24) is 14.9 Å². The second kappa shape index (κ2) is 8.16. The Kier molecular flexibility index (Phi) is 5.49. The van der Waals surface area contributed by atoms with E-state index >= 15 is 0 Å². The Balaban J connectivity index is 1.58.